The lowest BCUT2D eigenvalue weighted by Gasteiger charge is -2.19. The summed E-state index contributed by atoms with van der Waals surface area (Å²) in [6, 6.07) is 10.9. The quantitative estimate of drug-likeness (QED) is 0.821. The molecule has 4 heteroatoms. The molecule has 100 valence electrons. The first-order valence-corrected chi connectivity index (χ1v) is 8.08. The van der Waals surface area contributed by atoms with Crippen molar-refractivity contribution in [1.82, 2.24) is 0 Å². The molecule has 1 aliphatic carbocycles. The Kier molecular flexibility index (Phi) is 3.80. The molecule has 3 rings (SSSR count). The molecule has 2 aromatic rings. The molecule has 0 aliphatic heterocycles. The molecule has 1 heterocycles. The fraction of sp³-hybridized carbons (Fsp3) is 0.333. The van der Waals surface area contributed by atoms with Crippen molar-refractivity contribution in [3.05, 3.63) is 45.1 Å². The van der Waals surface area contributed by atoms with E-state index in [9.17, 15) is 0 Å². The summed E-state index contributed by atoms with van der Waals surface area (Å²) < 4.78 is 6.34. The van der Waals surface area contributed by atoms with Crippen molar-refractivity contribution in [1.29, 1.82) is 0 Å². The summed E-state index contributed by atoms with van der Waals surface area (Å²) in [6.07, 6.45) is 2.65. The highest BCUT2D eigenvalue weighted by molar-refractivity contribution is 9.10. The van der Waals surface area contributed by atoms with Crippen LogP contribution in [-0.2, 0) is 0 Å². The largest absolute Gasteiger partial charge is 0.495 e. The first kappa shape index (κ1) is 13.0. The molecule has 1 aromatic carbocycles. The van der Waals surface area contributed by atoms with Gasteiger partial charge in [0.1, 0.15) is 5.75 Å². The van der Waals surface area contributed by atoms with E-state index in [2.05, 4.69) is 44.8 Å². The van der Waals surface area contributed by atoms with Crippen LogP contribution in [0.1, 0.15) is 23.8 Å². The Morgan fingerprint density at radius 2 is 2.21 bits per heavy atom. The maximum atomic E-state index is 5.35. The van der Waals surface area contributed by atoms with E-state index in [-0.39, 0.29) is 0 Å². The summed E-state index contributed by atoms with van der Waals surface area (Å²) in [5, 5.41) is 5.80. The second kappa shape index (κ2) is 5.55. The predicted octanol–water partition coefficient (Wildman–Crippen LogP) is 5.08. The third-order valence-electron chi connectivity index (χ3n) is 3.42. The second-order valence-electron chi connectivity index (χ2n) is 4.82. The van der Waals surface area contributed by atoms with Crippen LogP contribution in [0.25, 0.3) is 0 Å². The Hall–Kier alpha value is -1.00. The van der Waals surface area contributed by atoms with Gasteiger partial charge in [-0.05, 0) is 58.3 Å². The Bertz CT molecular complexity index is 551. The molecule has 1 N–H and O–H groups in total. The first-order valence-electron chi connectivity index (χ1n) is 6.41. The highest BCUT2D eigenvalue weighted by atomic mass is 79.9. The Labute approximate surface area is 125 Å². The van der Waals surface area contributed by atoms with Gasteiger partial charge in [-0.15, -0.1) is 11.3 Å². The van der Waals surface area contributed by atoms with Gasteiger partial charge in [-0.2, -0.15) is 0 Å². The van der Waals surface area contributed by atoms with Crippen molar-refractivity contribution in [3.63, 3.8) is 0 Å². The van der Waals surface area contributed by atoms with Crippen LogP contribution in [0.15, 0.2) is 40.2 Å². The monoisotopic (exact) mass is 337 g/mol. The van der Waals surface area contributed by atoms with Gasteiger partial charge in [0.25, 0.3) is 0 Å². The SMILES string of the molecule is COc1cc(NC(c2cccs2)C2CC2)ccc1Br. The smallest absolute Gasteiger partial charge is 0.135 e. The highest BCUT2D eigenvalue weighted by Gasteiger charge is 2.32. The molecule has 0 radical (unpaired) electrons. The van der Waals surface area contributed by atoms with Crippen molar-refractivity contribution < 1.29 is 4.74 Å². The second-order valence-corrected chi connectivity index (χ2v) is 6.66. The fourth-order valence-electron chi connectivity index (χ4n) is 2.25. The number of anilines is 1. The van der Waals surface area contributed by atoms with Crippen LogP contribution in [0, 0.1) is 5.92 Å². The van der Waals surface area contributed by atoms with Gasteiger partial charge in [-0.25, -0.2) is 0 Å². The lowest BCUT2D eigenvalue weighted by Crippen LogP contribution is -2.11. The number of hydrogen-bond donors (Lipinski definition) is 1. The van der Waals surface area contributed by atoms with Crippen LogP contribution in [0.2, 0.25) is 0 Å². The van der Waals surface area contributed by atoms with Gasteiger partial charge in [0.2, 0.25) is 0 Å². The molecule has 2 nitrogen and oxygen atoms in total. The molecule has 0 spiro atoms. The zero-order valence-corrected chi connectivity index (χ0v) is 13.1. The molecule has 0 bridgehead atoms. The normalized spacial score (nSPS) is 16.1. The number of nitrogens with one attached hydrogen (secondary N) is 1. The molecular formula is C15H16BrNOS. The summed E-state index contributed by atoms with van der Waals surface area (Å²) in [7, 11) is 1.70. The summed E-state index contributed by atoms with van der Waals surface area (Å²) >= 11 is 5.31. The van der Waals surface area contributed by atoms with Crippen molar-refractivity contribution in [2.24, 2.45) is 5.92 Å². The first-order chi connectivity index (χ1) is 9.28. The minimum Gasteiger partial charge on any atom is -0.495 e. The van der Waals surface area contributed by atoms with Crippen molar-refractivity contribution in [3.8, 4) is 5.75 Å². The molecule has 1 saturated carbocycles. The van der Waals surface area contributed by atoms with E-state index >= 15 is 0 Å². The van der Waals surface area contributed by atoms with Gasteiger partial charge < -0.3 is 10.1 Å². The minimum absolute atomic E-state index is 0.436. The molecule has 1 fully saturated rings. The number of ether oxygens (including phenoxy) is 1. The third kappa shape index (κ3) is 2.95. The highest BCUT2D eigenvalue weighted by Crippen LogP contribution is 2.44. The Morgan fingerprint density at radius 1 is 1.37 bits per heavy atom. The van der Waals surface area contributed by atoms with Crippen LogP contribution >= 0.6 is 27.3 Å². The summed E-state index contributed by atoms with van der Waals surface area (Å²) in [5.41, 5.74) is 1.12. The van der Waals surface area contributed by atoms with Crippen molar-refractivity contribution in [2.45, 2.75) is 18.9 Å². The number of methoxy groups -OCH3 is 1. The minimum atomic E-state index is 0.436. The molecule has 0 saturated heterocycles. The van der Waals surface area contributed by atoms with Crippen LogP contribution < -0.4 is 10.1 Å². The average molecular weight is 338 g/mol. The number of thiophene rings is 1. The van der Waals surface area contributed by atoms with Gasteiger partial charge in [0.15, 0.2) is 0 Å². The average Bonchev–Trinajstić information content (AvgIpc) is 3.12. The maximum absolute atomic E-state index is 5.35. The molecule has 1 atom stereocenters. The lowest BCUT2D eigenvalue weighted by atomic mass is 10.1. The van der Waals surface area contributed by atoms with Gasteiger partial charge in [0, 0.05) is 16.6 Å². The molecule has 0 amide bonds. The number of halogens is 1. The summed E-state index contributed by atoms with van der Waals surface area (Å²) in [5.74, 6) is 1.64. The standard InChI is InChI=1S/C15H16BrNOS/c1-18-13-9-11(6-7-12(13)16)17-15(10-4-5-10)14-3-2-8-19-14/h2-3,6-10,15,17H,4-5H2,1H3. The lowest BCUT2D eigenvalue weighted by molar-refractivity contribution is 0.412. The molecule has 1 unspecified atom stereocenters. The van der Waals surface area contributed by atoms with Gasteiger partial charge in [-0.1, -0.05) is 6.07 Å². The fourth-order valence-corrected chi connectivity index (χ4v) is 3.53. The Morgan fingerprint density at radius 3 is 2.84 bits per heavy atom. The zero-order valence-electron chi connectivity index (χ0n) is 10.7. The predicted molar refractivity (Wildman–Crippen MR) is 84.1 cm³/mol. The van der Waals surface area contributed by atoms with Crippen LogP contribution in [0.3, 0.4) is 0 Å². The zero-order chi connectivity index (χ0) is 13.2. The molecule has 1 aromatic heterocycles. The molecular weight excluding hydrogens is 322 g/mol. The van der Waals surface area contributed by atoms with Crippen molar-refractivity contribution >= 4 is 33.0 Å². The molecule has 1 aliphatic rings. The van der Waals surface area contributed by atoms with E-state index in [1.807, 2.05) is 23.5 Å². The van der Waals surface area contributed by atoms with Gasteiger partial charge >= 0.3 is 0 Å². The number of benzene rings is 1. The number of hydrogen-bond acceptors (Lipinski definition) is 3. The maximum Gasteiger partial charge on any atom is 0.135 e. The molecule has 19 heavy (non-hydrogen) atoms. The van der Waals surface area contributed by atoms with Crippen LogP contribution in [0.4, 0.5) is 5.69 Å². The van der Waals surface area contributed by atoms with Gasteiger partial charge in [-0.3, -0.25) is 0 Å². The van der Waals surface area contributed by atoms with E-state index in [0.717, 1.165) is 21.8 Å². The topological polar surface area (TPSA) is 21.3 Å². The van der Waals surface area contributed by atoms with Crippen LogP contribution in [0.5, 0.6) is 5.75 Å². The van der Waals surface area contributed by atoms with Crippen molar-refractivity contribution in [2.75, 3.05) is 12.4 Å². The Balaban J connectivity index is 1.82. The van der Waals surface area contributed by atoms with E-state index in [4.69, 9.17) is 4.74 Å². The third-order valence-corrected chi connectivity index (χ3v) is 5.03. The van der Waals surface area contributed by atoms with E-state index in [1.54, 1.807) is 7.11 Å². The van der Waals surface area contributed by atoms with Crippen LogP contribution in [-0.4, -0.2) is 7.11 Å². The van der Waals surface area contributed by atoms with Gasteiger partial charge in [0.05, 0.1) is 17.6 Å². The van der Waals surface area contributed by atoms with E-state index in [1.165, 1.54) is 17.7 Å². The number of rotatable bonds is 5. The summed E-state index contributed by atoms with van der Waals surface area (Å²) in [6.45, 7) is 0. The van der Waals surface area contributed by atoms with E-state index in [0.29, 0.717) is 6.04 Å². The van der Waals surface area contributed by atoms with E-state index < -0.39 is 0 Å². The summed E-state index contributed by atoms with van der Waals surface area (Å²) in [4.78, 5) is 1.42.